The van der Waals surface area contributed by atoms with Gasteiger partial charge in [-0.25, -0.2) is 0 Å². The summed E-state index contributed by atoms with van der Waals surface area (Å²) in [6, 6.07) is 4.94. The lowest BCUT2D eigenvalue weighted by molar-refractivity contribution is 0.483. The van der Waals surface area contributed by atoms with E-state index < -0.39 is 15.0 Å². The molecule has 0 saturated heterocycles. The second-order valence-electron chi connectivity index (χ2n) is 2.15. The molecule has 0 heterocycles. The molecular weight excluding hydrogens is 180 g/mol. The molecular formula is C6H7N2O3S. The van der Waals surface area contributed by atoms with Crippen LogP contribution in [0.2, 0.25) is 0 Å². The number of nitrogen functional groups attached to an aromatic ring is 2. The van der Waals surface area contributed by atoms with Crippen molar-refractivity contribution in [2.45, 2.75) is 4.90 Å². The van der Waals surface area contributed by atoms with Gasteiger partial charge in [-0.15, -0.1) is 0 Å². The summed E-state index contributed by atoms with van der Waals surface area (Å²) >= 11 is 0. The molecule has 0 bridgehead atoms. The Balaban J connectivity index is 3.47. The van der Waals surface area contributed by atoms with Crippen LogP contribution in [-0.4, -0.2) is 13.0 Å². The van der Waals surface area contributed by atoms with Crippen LogP contribution in [-0.2, 0) is 10.1 Å². The van der Waals surface area contributed by atoms with E-state index in [0.29, 0.717) is 0 Å². The number of hydrogen-bond donors (Lipinski definition) is 3. The lowest BCUT2D eigenvalue weighted by atomic mass is 10.3. The van der Waals surface area contributed by atoms with Crippen LogP contribution in [0.3, 0.4) is 0 Å². The number of rotatable bonds is 1. The molecule has 0 spiro atoms. The molecule has 0 saturated carbocycles. The molecule has 1 radical (unpaired) electrons. The maximum Gasteiger partial charge on any atom is 0.297 e. The van der Waals surface area contributed by atoms with E-state index in [9.17, 15) is 8.42 Å². The molecule has 12 heavy (non-hydrogen) atoms. The molecule has 0 aliphatic carbocycles. The van der Waals surface area contributed by atoms with Crippen molar-refractivity contribution in [3.05, 3.63) is 18.2 Å². The van der Waals surface area contributed by atoms with Gasteiger partial charge in [0.2, 0.25) is 0 Å². The SMILES string of the molecule is Nc1cc[c]c(S(=O)(=O)O)c1N. The normalized spacial score (nSPS) is 11.4. The lowest BCUT2D eigenvalue weighted by Gasteiger charge is -2.03. The average Bonchev–Trinajstić information content (AvgIpc) is 1.92. The Morgan fingerprint density at radius 1 is 1.42 bits per heavy atom. The molecule has 1 rings (SSSR count). The van der Waals surface area contributed by atoms with E-state index in [1.807, 2.05) is 0 Å². The van der Waals surface area contributed by atoms with Crippen molar-refractivity contribution in [3.8, 4) is 0 Å². The van der Waals surface area contributed by atoms with Gasteiger partial charge in [0, 0.05) is 6.07 Å². The summed E-state index contributed by atoms with van der Waals surface area (Å²) in [5.74, 6) is 0. The molecule has 65 valence electrons. The summed E-state index contributed by atoms with van der Waals surface area (Å²) < 4.78 is 29.8. The van der Waals surface area contributed by atoms with E-state index in [2.05, 4.69) is 6.07 Å². The van der Waals surface area contributed by atoms with E-state index in [1.54, 1.807) is 0 Å². The minimum absolute atomic E-state index is 0.0985. The average molecular weight is 187 g/mol. The van der Waals surface area contributed by atoms with Crippen LogP contribution in [0.15, 0.2) is 17.0 Å². The molecule has 1 aromatic carbocycles. The van der Waals surface area contributed by atoms with Crippen LogP contribution >= 0.6 is 0 Å². The number of benzene rings is 1. The molecule has 0 amide bonds. The Kier molecular flexibility index (Phi) is 1.95. The minimum atomic E-state index is -4.32. The monoisotopic (exact) mass is 187 g/mol. The Morgan fingerprint density at radius 2 is 2.00 bits per heavy atom. The highest BCUT2D eigenvalue weighted by atomic mass is 32.2. The van der Waals surface area contributed by atoms with Gasteiger partial charge in [-0.1, -0.05) is 6.07 Å². The fourth-order valence-corrected chi connectivity index (χ4v) is 1.33. The fourth-order valence-electron chi connectivity index (χ4n) is 0.719. The summed E-state index contributed by atoms with van der Waals surface area (Å²) in [4.78, 5) is -0.484. The predicted molar refractivity (Wildman–Crippen MR) is 43.9 cm³/mol. The summed E-state index contributed by atoms with van der Waals surface area (Å²) in [5, 5.41) is 0. The van der Waals surface area contributed by atoms with Crippen molar-refractivity contribution < 1.29 is 13.0 Å². The second kappa shape index (κ2) is 2.65. The van der Waals surface area contributed by atoms with Gasteiger partial charge in [0.15, 0.2) is 0 Å². The molecule has 5 N–H and O–H groups in total. The molecule has 0 unspecified atom stereocenters. The highest BCUT2D eigenvalue weighted by molar-refractivity contribution is 7.86. The van der Waals surface area contributed by atoms with Crippen molar-refractivity contribution in [1.29, 1.82) is 0 Å². The maximum atomic E-state index is 10.6. The molecule has 0 atom stereocenters. The third-order valence-electron chi connectivity index (χ3n) is 1.29. The zero-order chi connectivity index (χ0) is 9.35. The lowest BCUT2D eigenvalue weighted by Crippen LogP contribution is -2.05. The first kappa shape index (κ1) is 8.82. The Labute approximate surface area is 69.7 Å². The van der Waals surface area contributed by atoms with Crippen LogP contribution in [0.1, 0.15) is 0 Å². The van der Waals surface area contributed by atoms with Gasteiger partial charge >= 0.3 is 0 Å². The summed E-state index contributed by atoms with van der Waals surface area (Å²) in [7, 11) is -4.32. The van der Waals surface area contributed by atoms with Gasteiger partial charge in [0.05, 0.1) is 11.4 Å². The van der Waals surface area contributed by atoms with Crippen LogP contribution in [0, 0.1) is 6.07 Å². The fraction of sp³-hybridized carbons (Fsp3) is 0. The highest BCUT2D eigenvalue weighted by Gasteiger charge is 2.14. The van der Waals surface area contributed by atoms with E-state index in [0.717, 1.165) is 0 Å². The molecule has 0 aliphatic heterocycles. The molecule has 1 aromatic rings. The molecule has 0 aromatic heterocycles. The van der Waals surface area contributed by atoms with Gasteiger partial charge in [0.25, 0.3) is 10.1 Å². The third-order valence-corrected chi connectivity index (χ3v) is 2.14. The Morgan fingerprint density at radius 3 is 2.42 bits per heavy atom. The number of nitrogens with two attached hydrogens (primary N) is 2. The van der Waals surface area contributed by atoms with E-state index in [-0.39, 0.29) is 11.4 Å². The van der Waals surface area contributed by atoms with E-state index >= 15 is 0 Å². The van der Waals surface area contributed by atoms with Crippen LogP contribution in [0.4, 0.5) is 11.4 Å². The van der Waals surface area contributed by atoms with Crippen molar-refractivity contribution in [1.82, 2.24) is 0 Å². The summed E-state index contributed by atoms with van der Waals surface area (Å²) in [6.07, 6.45) is 0. The van der Waals surface area contributed by atoms with Gasteiger partial charge in [-0.2, -0.15) is 8.42 Å². The highest BCUT2D eigenvalue weighted by Crippen LogP contribution is 2.22. The quantitative estimate of drug-likeness (QED) is 0.420. The number of hydrogen-bond acceptors (Lipinski definition) is 4. The minimum Gasteiger partial charge on any atom is -0.397 e. The third kappa shape index (κ3) is 1.49. The van der Waals surface area contributed by atoms with Crippen molar-refractivity contribution in [2.75, 3.05) is 11.5 Å². The first-order chi connectivity index (χ1) is 5.43. The smallest absolute Gasteiger partial charge is 0.297 e. The topological polar surface area (TPSA) is 106 Å². The Bertz CT molecular complexity index is 399. The predicted octanol–water partition coefficient (Wildman–Crippen LogP) is -0.102. The van der Waals surface area contributed by atoms with Gasteiger partial charge in [-0.3, -0.25) is 4.55 Å². The first-order valence-electron chi connectivity index (χ1n) is 2.96. The second-order valence-corrected chi connectivity index (χ2v) is 3.51. The largest absolute Gasteiger partial charge is 0.397 e. The van der Waals surface area contributed by atoms with Gasteiger partial charge < -0.3 is 11.5 Å². The molecule has 6 heteroatoms. The summed E-state index contributed by atoms with van der Waals surface area (Å²) in [5.41, 5.74) is 10.5. The maximum absolute atomic E-state index is 10.6. The van der Waals surface area contributed by atoms with Crippen molar-refractivity contribution >= 4 is 21.5 Å². The Hall–Kier alpha value is -1.27. The van der Waals surface area contributed by atoms with Gasteiger partial charge in [0.1, 0.15) is 4.90 Å². The van der Waals surface area contributed by atoms with E-state index in [1.165, 1.54) is 12.1 Å². The van der Waals surface area contributed by atoms with E-state index in [4.69, 9.17) is 16.0 Å². The molecule has 5 nitrogen and oxygen atoms in total. The van der Waals surface area contributed by atoms with Gasteiger partial charge in [-0.05, 0) is 6.07 Å². The summed E-state index contributed by atoms with van der Waals surface area (Å²) in [6.45, 7) is 0. The zero-order valence-electron chi connectivity index (χ0n) is 5.98. The zero-order valence-corrected chi connectivity index (χ0v) is 6.80. The standard InChI is InChI=1S/C6H7N2O3S/c7-4-2-1-3-5(6(4)8)12(9,10)11/h1-2H,7-8H2,(H,9,10,11). The molecule has 0 aliphatic rings. The van der Waals surface area contributed by atoms with Crippen molar-refractivity contribution in [2.24, 2.45) is 0 Å². The van der Waals surface area contributed by atoms with Crippen LogP contribution in [0.25, 0.3) is 0 Å². The number of anilines is 2. The van der Waals surface area contributed by atoms with Crippen LogP contribution < -0.4 is 11.5 Å². The molecule has 0 fully saturated rings. The van der Waals surface area contributed by atoms with Crippen molar-refractivity contribution in [3.63, 3.8) is 0 Å². The van der Waals surface area contributed by atoms with Crippen LogP contribution in [0.5, 0.6) is 0 Å². The first-order valence-corrected chi connectivity index (χ1v) is 4.40.